The number of ether oxygens (including phenoxy) is 1. The van der Waals surface area contributed by atoms with Crippen molar-refractivity contribution in [1.82, 2.24) is 0 Å². The van der Waals surface area contributed by atoms with Crippen LogP contribution in [0.1, 0.15) is 18.0 Å². The molecule has 0 bridgehead atoms. The fourth-order valence-corrected chi connectivity index (χ4v) is 2.70. The second kappa shape index (κ2) is 5.40. The predicted octanol–water partition coefficient (Wildman–Crippen LogP) is 4.66. The summed E-state index contributed by atoms with van der Waals surface area (Å²) < 4.78 is 33.9. The first-order chi connectivity index (χ1) is 9.65. The lowest BCUT2D eigenvalue weighted by atomic mass is 10.00. The molecule has 0 spiro atoms. The minimum absolute atomic E-state index is 0.0923. The van der Waals surface area contributed by atoms with Crippen LogP contribution in [0.2, 0.25) is 0 Å². The first kappa shape index (κ1) is 13.4. The van der Waals surface area contributed by atoms with E-state index < -0.39 is 11.6 Å². The van der Waals surface area contributed by atoms with Crippen molar-refractivity contribution in [3.63, 3.8) is 0 Å². The Morgan fingerprint density at radius 2 is 1.90 bits per heavy atom. The van der Waals surface area contributed by atoms with Gasteiger partial charge in [-0.15, -0.1) is 0 Å². The van der Waals surface area contributed by atoms with Gasteiger partial charge in [0.05, 0.1) is 12.6 Å². The molecule has 2 aromatic rings. The molecule has 1 N–H and O–H groups in total. The van der Waals surface area contributed by atoms with Gasteiger partial charge in [-0.05, 0) is 30.3 Å². The van der Waals surface area contributed by atoms with Crippen molar-refractivity contribution in [2.24, 2.45) is 0 Å². The lowest BCUT2D eigenvalue weighted by Gasteiger charge is -2.28. The highest BCUT2D eigenvalue weighted by molar-refractivity contribution is 9.10. The van der Waals surface area contributed by atoms with Crippen molar-refractivity contribution in [3.8, 4) is 5.75 Å². The fraction of sp³-hybridized carbons (Fsp3) is 0.200. The average Bonchev–Trinajstić information content (AvgIpc) is 2.43. The summed E-state index contributed by atoms with van der Waals surface area (Å²) in [5.74, 6) is -0.435. The van der Waals surface area contributed by atoms with E-state index in [0.717, 1.165) is 15.8 Å². The molecule has 1 unspecified atom stereocenters. The smallest absolute Gasteiger partial charge is 0.149 e. The Morgan fingerprint density at radius 3 is 2.65 bits per heavy atom. The van der Waals surface area contributed by atoms with Crippen LogP contribution in [0, 0.1) is 11.6 Å². The third-order valence-corrected chi connectivity index (χ3v) is 3.79. The van der Waals surface area contributed by atoms with E-state index in [1.165, 1.54) is 18.2 Å². The summed E-state index contributed by atoms with van der Waals surface area (Å²) in [6.07, 6.45) is 0.650. The third kappa shape index (κ3) is 2.50. The summed E-state index contributed by atoms with van der Waals surface area (Å²) in [5.41, 5.74) is 0.804. The number of halogens is 3. The van der Waals surface area contributed by atoms with Gasteiger partial charge in [0.15, 0.2) is 0 Å². The van der Waals surface area contributed by atoms with E-state index in [1.54, 1.807) is 0 Å². The van der Waals surface area contributed by atoms with Crippen LogP contribution in [-0.2, 0) is 0 Å². The van der Waals surface area contributed by atoms with E-state index in [-0.39, 0.29) is 11.7 Å². The van der Waals surface area contributed by atoms with Gasteiger partial charge in [0.2, 0.25) is 0 Å². The van der Waals surface area contributed by atoms with Gasteiger partial charge in [0, 0.05) is 16.5 Å². The Kier molecular flexibility index (Phi) is 3.61. The number of nitrogens with one attached hydrogen (secondary N) is 1. The molecule has 3 rings (SSSR count). The summed E-state index contributed by atoms with van der Waals surface area (Å²) in [4.78, 5) is 0. The lowest BCUT2D eigenvalue weighted by molar-refractivity contribution is 0.274. The highest BCUT2D eigenvalue weighted by atomic mass is 79.9. The molecule has 0 fully saturated rings. The van der Waals surface area contributed by atoms with Gasteiger partial charge in [-0.1, -0.05) is 22.0 Å². The number of anilines is 1. The molecule has 0 saturated carbocycles. The number of hydrogen-bond donors (Lipinski definition) is 1. The fourth-order valence-electron chi connectivity index (χ4n) is 2.33. The van der Waals surface area contributed by atoms with E-state index in [2.05, 4.69) is 21.2 Å². The van der Waals surface area contributed by atoms with Crippen LogP contribution in [0.3, 0.4) is 0 Å². The molecule has 1 aliphatic rings. The zero-order valence-corrected chi connectivity index (χ0v) is 12.1. The Labute approximate surface area is 123 Å². The SMILES string of the molecule is Fc1cccc(F)c1NC1CCOc2ccc(Br)cc21. The molecule has 1 aliphatic heterocycles. The van der Waals surface area contributed by atoms with Crippen molar-refractivity contribution >= 4 is 21.6 Å². The topological polar surface area (TPSA) is 21.3 Å². The Balaban J connectivity index is 1.95. The number of fused-ring (bicyclic) bond motifs is 1. The molecule has 0 aromatic heterocycles. The maximum absolute atomic E-state index is 13.7. The van der Waals surface area contributed by atoms with Gasteiger partial charge in [-0.3, -0.25) is 0 Å². The summed E-state index contributed by atoms with van der Waals surface area (Å²) in [5, 5.41) is 2.95. The van der Waals surface area contributed by atoms with E-state index in [1.807, 2.05) is 18.2 Å². The molecule has 2 nitrogen and oxygen atoms in total. The van der Waals surface area contributed by atoms with Crippen molar-refractivity contribution in [2.45, 2.75) is 12.5 Å². The van der Waals surface area contributed by atoms with Crippen LogP contribution in [0.15, 0.2) is 40.9 Å². The number of benzene rings is 2. The molecule has 1 atom stereocenters. The predicted molar refractivity (Wildman–Crippen MR) is 77.0 cm³/mol. The van der Waals surface area contributed by atoms with Crippen molar-refractivity contribution in [3.05, 3.63) is 58.1 Å². The third-order valence-electron chi connectivity index (χ3n) is 3.29. The van der Waals surface area contributed by atoms with Crippen LogP contribution < -0.4 is 10.1 Å². The molecular formula is C15H12BrF2NO. The van der Waals surface area contributed by atoms with Crippen LogP contribution in [0.4, 0.5) is 14.5 Å². The molecule has 20 heavy (non-hydrogen) atoms. The number of hydrogen-bond acceptors (Lipinski definition) is 2. The highest BCUT2D eigenvalue weighted by Gasteiger charge is 2.23. The standard InChI is InChI=1S/C15H12BrF2NO/c16-9-4-5-14-10(8-9)13(6-7-20-14)19-15-11(17)2-1-3-12(15)18/h1-5,8,13,19H,6-7H2. The van der Waals surface area contributed by atoms with Crippen LogP contribution in [-0.4, -0.2) is 6.61 Å². The average molecular weight is 340 g/mol. The summed E-state index contributed by atoms with van der Waals surface area (Å²) in [6.45, 7) is 0.516. The van der Waals surface area contributed by atoms with E-state index in [4.69, 9.17) is 4.74 Å². The minimum atomic E-state index is -0.590. The lowest BCUT2D eigenvalue weighted by Crippen LogP contribution is -2.21. The van der Waals surface area contributed by atoms with E-state index >= 15 is 0 Å². The zero-order valence-electron chi connectivity index (χ0n) is 10.5. The second-order valence-corrected chi connectivity index (χ2v) is 5.53. The number of para-hydroxylation sites is 1. The summed E-state index contributed by atoms with van der Waals surface area (Å²) in [6, 6.07) is 9.30. The minimum Gasteiger partial charge on any atom is -0.493 e. The maximum Gasteiger partial charge on any atom is 0.149 e. The first-order valence-electron chi connectivity index (χ1n) is 6.28. The van der Waals surface area contributed by atoms with Gasteiger partial charge in [0.1, 0.15) is 23.1 Å². The zero-order chi connectivity index (χ0) is 14.1. The molecular weight excluding hydrogens is 328 g/mol. The molecule has 104 valence electrons. The maximum atomic E-state index is 13.7. The monoisotopic (exact) mass is 339 g/mol. The molecule has 0 radical (unpaired) electrons. The van der Waals surface area contributed by atoms with Gasteiger partial charge in [-0.2, -0.15) is 0 Å². The first-order valence-corrected chi connectivity index (χ1v) is 7.07. The second-order valence-electron chi connectivity index (χ2n) is 4.61. The van der Waals surface area contributed by atoms with Gasteiger partial charge < -0.3 is 10.1 Å². The molecule has 2 aromatic carbocycles. The normalized spacial score (nSPS) is 17.2. The van der Waals surface area contributed by atoms with Crippen LogP contribution in [0.25, 0.3) is 0 Å². The van der Waals surface area contributed by atoms with Crippen molar-refractivity contribution in [1.29, 1.82) is 0 Å². The molecule has 1 heterocycles. The van der Waals surface area contributed by atoms with Crippen LogP contribution in [0.5, 0.6) is 5.75 Å². The summed E-state index contributed by atoms with van der Waals surface area (Å²) in [7, 11) is 0. The molecule has 0 amide bonds. The summed E-state index contributed by atoms with van der Waals surface area (Å²) >= 11 is 3.40. The van der Waals surface area contributed by atoms with E-state index in [9.17, 15) is 8.78 Å². The highest BCUT2D eigenvalue weighted by Crippen LogP contribution is 2.37. The largest absolute Gasteiger partial charge is 0.493 e. The Morgan fingerprint density at radius 1 is 1.15 bits per heavy atom. The van der Waals surface area contributed by atoms with Crippen LogP contribution >= 0.6 is 15.9 Å². The van der Waals surface area contributed by atoms with E-state index in [0.29, 0.717) is 13.0 Å². The van der Waals surface area contributed by atoms with Gasteiger partial charge >= 0.3 is 0 Å². The molecule has 0 aliphatic carbocycles. The molecule has 5 heteroatoms. The Bertz CT molecular complexity index is 628. The van der Waals surface area contributed by atoms with Crippen molar-refractivity contribution < 1.29 is 13.5 Å². The van der Waals surface area contributed by atoms with Crippen molar-refractivity contribution in [2.75, 3.05) is 11.9 Å². The number of rotatable bonds is 2. The quantitative estimate of drug-likeness (QED) is 0.858. The molecule has 0 saturated heterocycles. The van der Waals surface area contributed by atoms with Gasteiger partial charge in [0.25, 0.3) is 0 Å². The Hall–Kier alpha value is -1.62. The van der Waals surface area contributed by atoms with Gasteiger partial charge in [-0.25, -0.2) is 8.78 Å².